The Morgan fingerprint density at radius 1 is 1.30 bits per heavy atom. The number of aromatic nitrogens is 1. The largest absolute Gasteiger partial charge is 0.497 e. The number of thiazole rings is 1. The van der Waals surface area contributed by atoms with Gasteiger partial charge in [-0.3, -0.25) is 9.59 Å². The molecular formula is C21H18FN3O4S. The summed E-state index contributed by atoms with van der Waals surface area (Å²) in [6, 6.07) is 11.4. The van der Waals surface area contributed by atoms with E-state index in [1.165, 1.54) is 29.5 Å². The van der Waals surface area contributed by atoms with Crippen LogP contribution in [-0.2, 0) is 20.9 Å². The Hall–Kier alpha value is -3.46. The summed E-state index contributed by atoms with van der Waals surface area (Å²) in [5.41, 5.74) is 2.28. The number of nitrogens with zero attached hydrogens (tertiary/aromatic N) is 1. The first-order valence-corrected chi connectivity index (χ1v) is 10.0. The molecule has 1 amide bonds. The van der Waals surface area contributed by atoms with Gasteiger partial charge in [0.1, 0.15) is 18.2 Å². The molecule has 7 nitrogen and oxygen atoms in total. The first-order chi connectivity index (χ1) is 14.5. The molecule has 30 heavy (non-hydrogen) atoms. The van der Waals surface area contributed by atoms with Gasteiger partial charge >= 0.3 is 5.97 Å². The van der Waals surface area contributed by atoms with Crippen LogP contribution in [0.25, 0.3) is 0 Å². The van der Waals surface area contributed by atoms with Gasteiger partial charge in [-0.05, 0) is 42.0 Å². The number of amides is 1. The third-order valence-corrected chi connectivity index (χ3v) is 5.40. The third kappa shape index (κ3) is 4.41. The van der Waals surface area contributed by atoms with Crippen molar-refractivity contribution in [2.75, 3.05) is 17.7 Å². The minimum absolute atomic E-state index is 0.0196. The van der Waals surface area contributed by atoms with Crippen LogP contribution in [0.4, 0.5) is 20.9 Å². The fourth-order valence-corrected chi connectivity index (χ4v) is 3.84. The van der Waals surface area contributed by atoms with Crippen LogP contribution in [0, 0.1) is 5.82 Å². The molecule has 0 aliphatic carbocycles. The van der Waals surface area contributed by atoms with Crippen LogP contribution in [0.2, 0.25) is 0 Å². The summed E-state index contributed by atoms with van der Waals surface area (Å²) in [5, 5.41) is 8.20. The fourth-order valence-electron chi connectivity index (χ4n) is 3.12. The van der Waals surface area contributed by atoms with Crippen molar-refractivity contribution < 1.29 is 23.5 Å². The van der Waals surface area contributed by atoms with Gasteiger partial charge in [0.25, 0.3) is 0 Å². The lowest BCUT2D eigenvalue weighted by atomic mass is 9.90. The highest BCUT2D eigenvalue weighted by molar-refractivity contribution is 7.13. The van der Waals surface area contributed by atoms with Gasteiger partial charge in [-0.1, -0.05) is 6.07 Å². The van der Waals surface area contributed by atoms with Gasteiger partial charge in [0.05, 0.1) is 18.7 Å². The molecule has 0 spiro atoms. The maximum atomic E-state index is 13.4. The van der Waals surface area contributed by atoms with Gasteiger partial charge in [-0.25, -0.2) is 9.37 Å². The smallest absolute Gasteiger partial charge is 0.314 e. The Kier molecular flexibility index (Phi) is 5.62. The number of carbonyl (C=O) groups is 2. The zero-order valence-corrected chi connectivity index (χ0v) is 16.8. The molecule has 9 heteroatoms. The number of anilines is 3. The number of hydrogen-bond donors (Lipinski definition) is 2. The van der Waals surface area contributed by atoms with Crippen LogP contribution in [0.3, 0.4) is 0 Å². The average molecular weight is 427 g/mol. The lowest BCUT2D eigenvalue weighted by Crippen LogP contribution is -2.28. The fraction of sp³-hybridized carbons (Fsp3) is 0.190. The van der Waals surface area contributed by atoms with Gasteiger partial charge in [0.15, 0.2) is 5.13 Å². The lowest BCUT2D eigenvalue weighted by Gasteiger charge is -2.24. The minimum atomic E-state index is -0.773. The number of fused-ring (bicyclic) bond motifs is 1. The molecule has 0 bridgehead atoms. The zero-order valence-electron chi connectivity index (χ0n) is 16.0. The van der Waals surface area contributed by atoms with Gasteiger partial charge in [-0.15, -0.1) is 11.3 Å². The molecule has 1 atom stereocenters. The molecule has 0 radical (unpaired) electrons. The monoisotopic (exact) mass is 427 g/mol. The second-order valence-corrected chi connectivity index (χ2v) is 7.50. The summed E-state index contributed by atoms with van der Waals surface area (Å²) in [7, 11) is 1.60. The van der Waals surface area contributed by atoms with Crippen LogP contribution in [-0.4, -0.2) is 24.0 Å². The van der Waals surface area contributed by atoms with Gasteiger partial charge < -0.3 is 20.1 Å². The molecule has 1 aromatic heterocycles. The van der Waals surface area contributed by atoms with E-state index in [0.717, 1.165) is 11.4 Å². The predicted octanol–water partition coefficient (Wildman–Crippen LogP) is 4.20. The van der Waals surface area contributed by atoms with Crippen molar-refractivity contribution in [2.24, 2.45) is 0 Å². The summed E-state index contributed by atoms with van der Waals surface area (Å²) in [6.07, 6.45) is -0.0429. The van der Waals surface area contributed by atoms with Crippen molar-refractivity contribution in [1.82, 2.24) is 4.98 Å². The van der Waals surface area contributed by atoms with Crippen LogP contribution in [0.1, 0.15) is 23.6 Å². The van der Waals surface area contributed by atoms with Crippen molar-refractivity contribution in [3.63, 3.8) is 0 Å². The molecule has 0 fully saturated rings. The SMILES string of the molecule is COc1ccc(Nc2nc(COC(=O)[C@@H]3CC(=O)Nc4cc(F)ccc43)cs2)cc1. The van der Waals surface area contributed by atoms with E-state index in [2.05, 4.69) is 15.6 Å². The molecule has 2 N–H and O–H groups in total. The summed E-state index contributed by atoms with van der Waals surface area (Å²) in [5.74, 6) is -1.40. The van der Waals surface area contributed by atoms with E-state index in [4.69, 9.17) is 9.47 Å². The molecule has 0 unspecified atom stereocenters. The number of nitrogens with one attached hydrogen (secondary N) is 2. The van der Waals surface area contributed by atoms with E-state index in [1.54, 1.807) is 12.5 Å². The summed E-state index contributed by atoms with van der Waals surface area (Å²) >= 11 is 1.38. The van der Waals surface area contributed by atoms with Crippen LogP contribution in [0.15, 0.2) is 47.8 Å². The Labute approximate surface area is 175 Å². The van der Waals surface area contributed by atoms with Crippen LogP contribution in [0.5, 0.6) is 5.75 Å². The molecule has 0 saturated carbocycles. The zero-order chi connectivity index (χ0) is 21.1. The molecular weight excluding hydrogens is 409 g/mol. The molecule has 4 rings (SSSR count). The number of halogens is 1. The normalized spacial score (nSPS) is 15.1. The Morgan fingerprint density at radius 3 is 2.87 bits per heavy atom. The molecule has 0 saturated heterocycles. The second kappa shape index (κ2) is 8.50. The Bertz CT molecular complexity index is 1080. The first-order valence-electron chi connectivity index (χ1n) is 9.13. The summed E-state index contributed by atoms with van der Waals surface area (Å²) in [4.78, 5) is 28.9. The number of hydrogen-bond acceptors (Lipinski definition) is 7. The predicted molar refractivity (Wildman–Crippen MR) is 111 cm³/mol. The van der Waals surface area contributed by atoms with Crippen LogP contribution >= 0.6 is 11.3 Å². The third-order valence-electron chi connectivity index (χ3n) is 4.59. The van der Waals surface area contributed by atoms with E-state index >= 15 is 0 Å². The molecule has 1 aliphatic rings. The van der Waals surface area contributed by atoms with E-state index in [9.17, 15) is 14.0 Å². The highest BCUT2D eigenvalue weighted by Gasteiger charge is 2.32. The summed E-state index contributed by atoms with van der Waals surface area (Å²) < 4.78 is 23.9. The van der Waals surface area contributed by atoms with Crippen molar-refractivity contribution in [3.8, 4) is 5.75 Å². The molecule has 3 aromatic rings. The number of rotatable bonds is 6. The van der Waals surface area contributed by atoms with E-state index in [0.29, 0.717) is 22.1 Å². The quantitative estimate of drug-likeness (QED) is 0.573. The number of ether oxygens (including phenoxy) is 2. The van der Waals surface area contributed by atoms with Crippen molar-refractivity contribution >= 4 is 39.7 Å². The topological polar surface area (TPSA) is 89.5 Å². The summed E-state index contributed by atoms with van der Waals surface area (Å²) in [6.45, 7) is -0.0196. The Balaban J connectivity index is 1.38. The number of benzene rings is 2. The second-order valence-electron chi connectivity index (χ2n) is 6.64. The highest BCUT2D eigenvalue weighted by atomic mass is 32.1. The molecule has 2 heterocycles. The standard InChI is InChI=1S/C21H18FN3O4S/c1-28-15-5-3-13(4-6-15)23-21-24-14(11-30-21)10-29-20(27)17-9-19(26)25-18-8-12(22)2-7-16(17)18/h2-8,11,17H,9-10H2,1H3,(H,23,24)(H,25,26)/t17-/m1/s1. The van der Waals surface area contributed by atoms with Crippen LogP contribution < -0.4 is 15.4 Å². The van der Waals surface area contributed by atoms with Crippen molar-refractivity contribution in [3.05, 3.63) is 64.9 Å². The van der Waals surface area contributed by atoms with Crippen molar-refractivity contribution in [2.45, 2.75) is 18.9 Å². The van der Waals surface area contributed by atoms with Gasteiger partial charge in [0, 0.05) is 23.2 Å². The van der Waals surface area contributed by atoms with E-state index < -0.39 is 17.7 Å². The maximum Gasteiger partial charge on any atom is 0.314 e. The van der Waals surface area contributed by atoms with Gasteiger partial charge in [0.2, 0.25) is 5.91 Å². The highest BCUT2D eigenvalue weighted by Crippen LogP contribution is 2.34. The average Bonchev–Trinajstić information content (AvgIpc) is 3.19. The van der Waals surface area contributed by atoms with Crippen molar-refractivity contribution in [1.29, 1.82) is 0 Å². The van der Waals surface area contributed by atoms with Gasteiger partial charge in [-0.2, -0.15) is 0 Å². The Morgan fingerprint density at radius 2 is 2.10 bits per heavy atom. The number of methoxy groups -OCH3 is 1. The molecule has 154 valence electrons. The number of carbonyl (C=O) groups excluding carboxylic acids is 2. The first kappa shape index (κ1) is 19.8. The molecule has 1 aliphatic heterocycles. The number of esters is 1. The van der Waals surface area contributed by atoms with E-state index in [-0.39, 0.29) is 18.9 Å². The van der Waals surface area contributed by atoms with E-state index in [1.807, 2.05) is 24.3 Å². The minimum Gasteiger partial charge on any atom is -0.497 e. The molecule has 2 aromatic carbocycles. The lowest BCUT2D eigenvalue weighted by molar-refractivity contribution is -0.148. The maximum absolute atomic E-state index is 13.4.